The zero-order chi connectivity index (χ0) is 14.0. The maximum Gasteiger partial charge on any atom is 0.243 e. The van der Waals surface area contributed by atoms with E-state index in [1.54, 1.807) is 0 Å². The molecule has 0 amide bonds. The largest absolute Gasteiger partial charge is 0.338 e. The Bertz CT molecular complexity index is 558. The van der Waals surface area contributed by atoms with E-state index in [1.165, 1.54) is 18.4 Å². The molecule has 106 valence electrons. The van der Waals surface area contributed by atoms with Crippen molar-refractivity contribution >= 4 is 0 Å². The lowest BCUT2D eigenvalue weighted by Gasteiger charge is -2.25. The average molecular weight is 271 g/mol. The van der Waals surface area contributed by atoms with Gasteiger partial charge in [0.05, 0.1) is 11.5 Å². The van der Waals surface area contributed by atoms with Crippen LogP contribution in [0.3, 0.4) is 0 Å². The molecular formula is C16H21N3O. The van der Waals surface area contributed by atoms with Crippen LogP contribution in [-0.2, 0) is 5.41 Å². The lowest BCUT2D eigenvalue weighted by atomic mass is 9.78. The van der Waals surface area contributed by atoms with Crippen LogP contribution in [0.1, 0.15) is 62.3 Å². The lowest BCUT2D eigenvalue weighted by Crippen LogP contribution is -2.25. The van der Waals surface area contributed by atoms with Crippen molar-refractivity contribution in [1.82, 2.24) is 10.1 Å². The first-order valence-electron chi connectivity index (χ1n) is 7.41. The number of benzene rings is 1. The summed E-state index contributed by atoms with van der Waals surface area (Å²) in [5, 5.41) is 4.25. The number of rotatable bonds is 4. The Morgan fingerprint density at radius 2 is 1.95 bits per heavy atom. The molecule has 1 heterocycles. The van der Waals surface area contributed by atoms with Gasteiger partial charge in [-0.2, -0.15) is 4.98 Å². The molecular weight excluding hydrogens is 250 g/mol. The molecule has 3 rings (SSSR count). The summed E-state index contributed by atoms with van der Waals surface area (Å²) < 4.78 is 5.39. The number of nitrogens with zero attached hydrogens (tertiary/aromatic N) is 2. The summed E-state index contributed by atoms with van der Waals surface area (Å²) in [5.74, 6) is 1.37. The fraction of sp³-hybridized carbons (Fsp3) is 0.500. The van der Waals surface area contributed by atoms with Gasteiger partial charge in [0.25, 0.3) is 0 Å². The second-order valence-corrected chi connectivity index (χ2v) is 5.63. The van der Waals surface area contributed by atoms with Crippen LogP contribution in [-0.4, -0.2) is 10.1 Å². The van der Waals surface area contributed by atoms with E-state index in [-0.39, 0.29) is 11.5 Å². The van der Waals surface area contributed by atoms with Crippen molar-refractivity contribution < 1.29 is 4.52 Å². The van der Waals surface area contributed by atoms with Crippen molar-refractivity contribution in [3.63, 3.8) is 0 Å². The van der Waals surface area contributed by atoms with E-state index >= 15 is 0 Å². The molecule has 0 saturated heterocycles. The molecule has 0 aliphatic heterocycles. The van der Waals surface area contributed by atoms with Crippen LogP contribution in [0.15, 0.2) is 34.9 Å². The molecule has 1 unspecified atom stereocenters. The van der Waals surface area contributed by atoms with Crippen molar-refractivity contribution in [2.24, 2.45) is 5.73 Å². The monoisotopic (exact) mass is 271 g/mol. The lowest BCUT2D eigenvalue weighted by molar-refractivity contribution is 0.339. The van der Waals surface area contributed by atoms with Crippen LogP contribution in [0.25, 0.3) is 0 Å². The van der Waals surface area contributed by atoms with E-state index in [9.17, 15) is 0 Å². The quantitative estimate of drug-likeness (QED) is 0.926. The van der Waals surface area contributed by atoms with Crippen molar-refractivity contribution in [1.29, 1.82) is 0 Å². The highest BCUT2D eigenvalue weighted by atomic mass is 16.5. The number of aromatic nitrogens is 2. The van der Waals surface area contributed by atoms with Crippen molar-refractivity contribution in [2.45, 2.75) is 50.5 Å². The highest BCUT2D eigenvalue weighted by Crippen LogP contribution is 2.45. The third-order valence-corrected chi connectivity index (χ3v) is 4.41. The van der Waals surface area contributed by atoms with Gasteiger partial charge in [-0.3, -0.25) is 0 Å². The van der Waals surface area contributed by atoms with Crippen molar-refractivity contribution in [3.05, 3.63) is 47.6 Å². The molecule has 4 nitrogen and oxygen atoms in total. The standard InChI is InChI=1S/C16H21N3O/c1-2-13(17)14-18-15(19-20-14)16(10-6-7-11-16)12-8-4-3-5-9-12/h3-5,8-9,13H,2,6-7,10-11,17H2,1H3. The average Bonchev–Trinajstić information content (AvgIpc) is 3.17. The van der Waals surface area contributed by atoms with Crippen LogP contribution >= 0.6 is 0 Å². The minimum Gasteiger partial charge on any atom is -0.338 e. The molecule has 1 atom stereocenters. The van der Waals surface area contributed by atoms with E-state index in [1.807, 2.05) is 13.0 Å². The minimum atomic E-state index is -0.162. The smallest absolute Gasteiger partial charge is 0.243 e. The molecule has 20 heavy (non-hydrogen) atoms. The molecule has 0 radical (unpaired) electrons. The molecule has 4 heteroatoms. The van der Waals surface area contributed by atoms with Crippen LogP contribution in [0.2, 0.25) is 0 Å². The molecule has 1 aliphatic carbocycles. The Kier molecular flexibility index (Phi) is 3.57. The molecule has 0 spiro atoms. The molecule has 2 N–H and O–H groups in total. The maximum atomic E-state index is 5.99. The Balaban J connectivity index is 2.01. The first-order chi connectivity index (χ1) is 9.76. The Morgan fingerprint density at radius 1 is 1.25 bits per heavy atom. The van der Waals surface area contributed by atoms with E-state index < -0.39 is 0 Å². The van der Waals surface area contributed by atoms with Crippen molar-refractivity contribution in [3.8, 4) is 0 Å². The topological polar surface area (TPSA) is 64.9 Å². The third kappa shape index (κ3) is 2.14. The highest BCUT2D eigenvalue weighted by molar-refractivity contribution is 5.33. The third-order valence-electron chi connectivity index (χ3n) is 4.41. The van der Waals surface area contributed by atoms with Crippen LogP contribution in [0.4, 0.5) is 0 Å². The predicted molar refractivity (Wildman–Crippen MR) is 77.2 cm³/mol. The summed E-state index contributed by atoms with van der Waals surface area (Å²) in [5.41, 5.74) is 7.19. The Hall–Kier alpha value is -1.68. The van der Waals surface area contributed by atoms with Gasteiger partial charge in [-0.15, -0.1) is 0 Å². The molecule has 1 fully saturated rings. The zero-order valence-corrected chi connectivity index (χ0v) is 11.9. The normalized spacial score (nSPS) is 19.1. The van der Waals surface area contributed by atoms with E-state index in [4.69, 9.17) is 10.3 Å². The van der Waals surface area contributed by atoms with Crippen molar-refractivity contribution in [2.75, 3.05) is 0 Å². The summed E-state index contributed by atoms with van der Waals surface area (Å²) >= 11 is 0. The number of hydrogen-bond acceptors (Lipinski definition) is 4. The Morgan fingerprint density at radius 3 is 2.60 bits per heavy atom. The summed E-state index contributed by atoms with van der Waals surface area (Å²) in [6.07, 6.45) is 5.38. The summed E-state index contributed by atoms with van der Waals surface area (Å²) in [6.45, 7) is 2.02. The van der Waals surface area contributed by atoms with E-state index in [0.29, 0.717) is 5.89 Å². The fourth-order valence-corrected chi connectivity index (χ4v) is 3.13. The van der Waals surface area contributed by atoms with Gasteiger partial charge in [0, 0.05) is 0 Å². The van der Waals surface area contributed by atoms with Gasteiger partial charge in [0.15, 0.2) is 5.82 Å². The molecule has 1 aromatic carbocycles. The van der Waals surface area contributed by atoms with Crippen LogP contribution < -0.4 is 5.73 Å². The molecule has 1 aliphatic rings. The summed E-state index contributed by atoms with van der Waals surface area (Å²) in [6, 6.07) is 10.4. The fourth-order valence-electron chi connectivity index (χ4n) is 3.13. The van der Waals surface area contributed by atoms with Gasteiger partial charge < -0.3 is 10.3 Å². The molecule has 1 aromatic heterocycles. The second kappa shape index (κ2) is 5.37. The second-order valence-electron chi connectivity index (χ2n) is 5.63. The zero-order valence-electron chi connectivity index (χ0n) is 11.9. The SMILES string of the molecule is CCC(N)c1nc(C2(c3ccccc3)CCCC2)no1. The van der Waals surface area contributed by atoms with Gasteiger partial charge in [0.1, 0.15) is 0 Å². The van der Waals surface area contributed by atoms with E-state index in [2.05, 4.69) is 34.4 Å². The van der Waals surface area contributed by atoms with E-state index in [0.717, 1.165) is 25.1 Å². The van der Waals surface area contributed by atoms with Crippen LogP contribution in [0, 0.1) is 0 Å². The summed E-state index contributed by atoms with van der Waals surface area (Å²) in [7, 11) is 0. The first kappa shape index (κ1) is 13.3. The molecule has 1 saturated carbocycles. The predicted octanol–water partition coefficient (Wildman–Crippen LogP) is 3.34. The van der Waals surface area contributed by atoms with Gasteiger partial charge in [-0.1, -0.05) is 55.3 Å². The molecule has 0 bridgehead atoms. The molecule has 2 aromatic rings. The summed E-state index contributed by atoms with van der Waals surface area (Å²) in [4.78, 5) is 4.61. The Labute approximate surface area is 119 Å². The minimum absolute atomic E-state index is 0.0868. The van der Waals surface area contributed by atoms with Gasteiger partial charge in [-0.25, -0.2) is 0 Å². The number of nitrogens with two attached hydrogens (primary N) is 1. The van der Waals surface area contributed by atoms with Gasteiger partial charge in [-0.05, 0) is 24.8 Å². The number of hydrogen-bond donors (Lipinski definition) is 1. The van der Waals surface area contributed by atoms with Gasteiger partial charge >= 0.3 is 0 Å². The van der Waals surface area contributed by atoms with Gasteiger partial charge in [0.2, 0.25) is 5.89 Å². The maximum absolute atomic E-state index is 5.99. The highest BCUT2D eigenvalue weighted by Gasteiger charge is 2.41. The first-order valence-corrected chi connectivity index (χ1v) is 7.41. The van der Waals surface area contributed by atoms with Crippen LogP contribution in [0.5, 0.6) is 0 Å².